The van der Waals surface area contributed by atoms with Crippen LogP contribution in [-0.4, -0.2) is 22.1 Å². The van der Waals surface area contributed by atoms with E-state index in [1.807, 2.05) is 32.9 Å². The minimum Gasteiger partial charge on any atom is -0.480 e. The van der Waals surface area contributed by atoms with Gasteiger partial charge in [-0.25, -0.2) is 0 Å². The zero-order chi connectivity index (χ0) is 14.7. The highest BCUT2D eigenvalue weighted by atomic mass is 16.4. The first kappa shape index (κ1) is 14.5. The van der Waals surface area contributed by atoms with Crippen LogP contribution in [0.15, 0.2) is 30.5 Å². The lowest BCUT2D eigenvalue weighted by Crippen LogP contribution is -2.40. The SMILES string of the molecule is Cc1cc(CN[C@@H](C(=O)O)C(C)C)cc2cccnc12. The van der Waals surface area contributed by atoms with Crippen LogP contribution < -0.4 is 5.32 Å². The molecule has 0 aliphatic carbocycles. The second-order valence-electron chi connectivity index (χ2n) is 5.43. The highest BCUT2D eigenvalue weighted by Crippen LogP contribution is 2.18. The van der Waals surface area contributed by atoms with Crippen LogP contribution >= 0.6 is 0 Å². The van der Waals surface area contributed by atoms with Crippen LogP contribution in [0.25, 0.3) is 10.9 Å². The number of nitrogens with zero attached hydrogens (tertiary/aromatic N) is 1. The van der Waals surface area contributed by atoms with Gasteiger partial charge in [-0.15, -0.1) is 0 Å². The van der Waals surface area contributed by atoms with Crippen LogP contribution in [0.4, 0.5) is 0 Å². The standard InChI is InChI=1S/C16H20N2O2/c1-10(2)14(16(19)20)18-9-12-7-11(3)15-13(8-12)5-4-6-17-15/h4-8,10,14,18H,9H2,1-3H3,(H,19,20)/t14-/m1/s1. The van der Waals surface area contributed by atoms with Gasteiger partial charge in [-0.05, 0) is 36.1 Å². The number of nitrogens with one attached hydrogen (secondary N) is 1. The average molecular weight is 272 g/mol. The minimum atomic E-state index is -0.806. The fourth-order valence-electron chi connectivity index (χ4n) is 2.39. The van der Waals surface area contributed by atoms with Crippen molar-refractivity contribution in [1.82, 2.24) is 10.3 Å². The molecule has 1 aromatic carbocycles. The summed E-state index contributed by atoms with van der Waals surface area (Å²) >= 11 is 0. The number of carboxylic acids is 1. The van der Waals surface area contributed by atoms with Crippen LogP contribution in [0.5, 0.6) is 0 Å². The Morgan fingerprint density at radius 1 is 1.40 bits per heavy atom. The van der Waals surface area contributed by atoms with Crippen LogP contribution in [0.3, 0.4) is 0 Å². The number of carboxylic acid groups (broad SMARTS) is 1. The summed E-state index contributed by atoms with van der Waals surface area (Å²) in [6.07, 6.45) is 1.78. The van der Waals surface area contributed by atoms with Crippen molar-refractivity contribution in [2.75, 3.05) is 0 Å². The molecule has 2 rings (SSSR count). The van der Waals surface area contributed by atoms with Crippen molar-refractivity contribution in [2.24, 2.45) is 5.92 Å². The first-order valence-electron chi connectivity index (χ1n) is 6.79. The van der Waals surface area contributed by atoms with E-state index in [4.69, 9.17) is 0 Å². The van der Waals surface area contributed by atoms with Crippen molar-refractivity contribution < 1.29 is 9.90 Å². The molecule has 1 atom stereocenters. The number of benzene rings is 1. The number of aliphatic carboxylic acids is 1. The smallest absolute Gasteiger partial charge is 0.320 e. The molecule has 0 aliphatic rings. The van der Waals surface area contributed by atoms with E-state index in [-0.39, 0.29) is 5.92 Å². The van der Waals surface area contributed by atoms with Gasteiger partial charge in [0.15, 0.2) is 0 Å². The third kappa shape index (κ3) is 3.14. The summed E-state index contributed by atoms with van der Waals surface area (Å²) in [5.41, 5.74) is 3.18. The van der Waals surface area contributed by atoms with Crippen molar-refractivity contribution in [2.45, 2.75) is 33.4 Å². The molecule has 1 heterocycles. The third-order valence-corrected chi connectivity index (χ3v) is 3.41. The Kier molecular flexibility index (Phi) is 4.35. The normalized spacial score (nSPS) is 12.8. The van der Waals surface area contributed by atoms with E-state index in [0.29, 0.717) is 6.54 Å². The van der Waals surface area contributed by atoms with Crippen LogP contribution in [0.2, 0.25) is 0 Å². The average Bonchev–Trinajstić information content (AvgIpc) is 2.38. The largest absolute Gasteiger partial charge is 0.480 e. The molecule has 0 fully saturated rings. The molecule has 0 saturated carbocycles. The van der Waals surface area contributed by atoms with Crippen molar-refractivity contribution in [1.29, 1.82) is 0 Å². The first-order valence-corrected chi connectivity index (χ1v) is 6.79. The first-order chi connectivity index (χ1) is 9.49. The van der Waals surface area contributed by atoms with E-state index >= 15 is 0 Å². The van der Waals surface area contributed by atoms with Gasteiger partial charge in [-0.2, -0.15) is 0 Å². The molecular weight excluding hydrogens is 252 g/mol. The molecule has 20 heavy (non-hydrogen) atoms. The third-order valence-electron chi connectivity index (χ3n) is 3.41. The number of aryl methyl sites for hydroxylation is 1. The Bertz CT molecular complexity index is 623. The van der Waals surface area contributed by atoms with Crippen molar-refractivity contribution >= 4 is 16.9 Å². The van der Waals surface area contributed by atoms with E-state index in [0.717, 1.165) is 22.0 Å². The lowest BCUT2D eigenvalue weighted by Gasteiger charge is -2.18. The van der Waals surface area contributed by atoms with E-state index < -0.39 is 12.0 Å². The van der Waals surface area contributed by atoms with E-state index in [1.165, 1.54) is 0 Å². The fraction of sp³-hybridized carbons (Fsp3) is 0.375. The molecule has 0 saturated heterocycles. The second-order valence-corrected chi connectivity index (χ2v) is 5.43. The van der Waals surface area contributed by atoms with Crippen LogP contribution in [0.1, 0.15) is 25.0 Å². The maximum Gasteiger partial charge on any atom is 0.320 e. The summed E-state index contributed by atoms with van der Waals surface area (Å²) in [5, 5.41) is 13.4. The van der Waals surface area contributed by atoms with Gasteiger partial charge in [0.05, 0.1) is 5.52 Å². The number of fused-ring (bicyclic) bond motifs is 1. The molecule has 0 aliphatic heterocycles. The number of pyridine rings is 1. The van der Waals surface area contributed by atoms with Gasteiger partial charge in [-0.1, -0.05) is 26.0 Å². The van der Waals surface area contributed by atoms with Gasteiger partial charge in [0, 0.05) is 18.1 Å². The predicted octanol–water partition coefficient (Wildman–Crippen LogP) is 2.74. The summed E-state index contributed by atoms with van der Waals surface area (Å²) in [4.78, 5) is 15.5. The maximum atomic E-state index is 11.2. The lowest BCUT2D eigenvalue weighted by molar-refractivity contribution is -0.140. The Morgan fingerprint density at radius 3 is 2.80 bits per heavy atom. The summed E-state index contributed by atoms with van der Waals surface area (Å²) < 4.78 is 0. The van der Waals surface area contributed by atoms with Crippen molar-refractivity contribution in [3.05, 3.63) is 41.6 Å². The van der Waals surface area contributed by atoms with Gasteiger partial charge in [0.2, 0.25) is 0 Å². The molecule has 0 bridgehead atoms. The quantitative estimate of drug-likeness (QED) is 0.878. The number of carbonyl (C=O) groups is 1. The van der Waals surface area contributed by atoms with Crippen molar-refractivity contribution in [3.63, 3.8) is 0 Å². The number of aromatic nitrogens is 1. The summed E-state index contributed by atoms with van der Waals surface area (Å²) in [7, 11) is 0. The van der Waals surface area contributed by atoms with Crippen molar-refractivity contribution in [3.8, 4) is 0 Å². The molecule has 0 unspecified atom stereocenters. The van der Waals surface area contributed by atoms with Gasteiger partial charge in [0.1, 0.15) is 6.04 Å². The molecule has 1 aromatic heterocycles. The molecule has 106 valence electrons. The number of hydrogen-bond donors (Lipinski definition) is 2. The predicted molar refractivity (Wildman–Crippen MR) is 79.6 cm³/mol. The van der Waals surface area contributed by atoms with Gasteiger partial charge in [0.25, 0.3) is 0 Å². The zero-order valence-electron chi connectivity index (χ0n) is 12.1. The lowest BCUT2D eigenvalue weighted by atomic mass is 10.0. The Hall–Kier alpha value is -1.94. The Morgan fingerprint density at radius 2 is 2.15 bits per heavy atom. The van der Waals surface area contributed by atoms with E-state index in [1.54, 1.807) is 6.20 Å². The molecule has 0 spiro atoms. The number of hydrogen-bond acceptors (Lipinski definition) is 3. The summed E-state index contributed by atoms with van der Waals surface area (Å²) in [5.74, 6) is -0.755. The summed E-state index contributed by atoms with van der Waals surface area (Å²) in [6.45, 7) is 6.37. The zero-order valence-corrected chi connectivity index (χ0v) is 12.1. The monoisotopic (exact) mass is 272 g/mol. The maximum absolute atomic E-state index is 11.2. The van der Waals surface area contributed by atoms with Gasteiger partial charge >= 0.3 is 5.97 Å². The van der Waals surface area contributed by atoms with Crippen LogP contribution in [-0.2, 0) is 11.3 Å². The highest BCUT2D eigenvalue weighted by Gasteiger charge is 2.20. The molecule has 2 aromatic rings. The molecule has 2 N–H and O–H groups in total. The molecule has 4 nitrogen and oxygen atoms in total. The molecular formula is C16H20N2O2. The molecule has 4 heteroatoms. The van der Waals surface area contributed by atoms with E-state index in [2.05, 4.69) is 22.4 Å². The molecule has 0 amide bonds. The number of rotatable bonds is 5. The molecule has 0 radical (unpaired) electrons. The van der Waals surface area contributed by atoms with Gasteiger partial charge < -0.3 is 10.4 Å². The van der Waals surface area contributed by atoms with Gasteiger partial charge in [-0.3, -0.25) is 9.78 Å². The van der Waals surface area contributed by atoms with E-state index in [9.17, 15) is 9.90 Å². The topological polar surface area (TPSA) is 62.2 Å². The second kappa shape index (κ2) is 6.01. The highest BCUT2D eigenvalue weighted by molar-refractivity contribution is 5.82. The Balaban J connectivity index is 2.20. The Labute approximate surface area is 118 Å². The van der Waals surface area contributed by atoms with Crippen LogP contribution in [0, 0.1) is 12.8 Å². The summed E-state index contributed by atoms with van der Waals surface area (Å²) in [6, 6.07) is 7.52. The minimum absolute atomic E-state index is 0.0516. The fourth-order valence-corrected chi connectivity index (χ4v) is 2.39.